The number of rotatable bonds is 5. The number of urea groups is 1. The van der Waals surface area contributed by atoms with Crippen molar-refractivity contribution >= 4 is 35.2 Å². The molecular weight excluding hydrogens is 388 g/mol. The Balaban J connectivity index is 1.72. The second-order valence-corrected chi connectivity index (χ2v) is 8.22. The maximum absolute atomic E-state index is 13.1. The number of hydrogen-bond donors (Lipinski definition) is 3. The Bertz CT molecular complexity index is 832. The van der Waals surface area contributed by atoms with Crippen LogP contribution in [-0.2, 0) is 14.4 Å². The summed E-state index contributed by atoms with van der Waals surface area (Å²) < 4.78 is 0. The van der Waals surface area contributed by atoms with Crippen molar-refractivity contribution in [2.24, 2.45) is 11.8 Å². The molecule has 9 nitrogen and oxygen atoms in total. The largest absolute Gasteiger partial charge is 0.481 e. The van der Waals surface area contributed by atoms with Crippen molar-refractivity contribution in [3.05, 3.63) is 24.3 Å². The average molecular weight is 416 g/mol. The lowest BCUT2D eigenvalue weighted by atomic mass is 9.95. The number of aliphatic carboxylic acids is 1. The fraction of sp³-hybridized carbons (Fsp3) is 0.524. The minimum atomic E-state index is -0.837. The van der Waals surface area contributed by atoms with E-state index in [4.69, 9.17) is 5.11 Å². The maximum atomic E-state index is 13.1. The van der Waals surface area contributed by atoms with Crippen LogP contribution in [0, 0.1) is 11.8 Å². The Morgan fingerprint density at radius 1 is 1.20 bits per heavy atom. The maximum Gasteiger partial charge on any atom is 0.323 e. The third-order valence-electron chi connectivity index (χ3n) is 5.47. The second kappa shape index (κ2) is 9.15. The van der Waals surface area contributed by atoms with Crippen LogP contribution >= 0.6 is 0 Å². The molecule has 4 amide bonds. The van der Waals surface area contributed by atoms with Gasteiger partial charge in [-0.1, -0.05) is 26.0 Å². The van der Waals surface area contributed by atoms with Crippen molar-refractivity contribution in [1.29, 1.82) is 0 Å². The topological polar surface area (TPSA) is 119 Å². The molecule has 1 saturated heterocycles. The fourth-order valence-electron chi connectivity index (χ4n) is 3.90. The fourth-order valence-corrected chi connectivity index (χ4v) is 3.90. The molecule has 2 heterocycles. The summed E-state index contributed by atoms with van der Waals surface area (Å²) in [6, 6.07) is 5.76. The van der Waals surface area contributed by atoms with Gasteiger partial charge in [0.2, 0.25) is 11.8 Å². The van der Waals surface area contributed by atoms with Crippen molar-refractivity contribution in [1.82, 2.24) is 10.2 Å². The molecule has 0 saturated carbocycles. The van der Waals surface area contributed by atoms with E-state index in [1.54, 1.807) is 29.2 Å². The molecule has 0 spiro atoms. The Morgan fingerprint density at radius 2 is 1.87 bits per heavy atom. The van der Waals surface area contributed by atoms with Crippen LogP contribution in [0.25, 0.3) is 0 Å². The molecule has 2 aliphatic rings. The van der Waals surface area contributed by atoms with Crippen LogP contribution in [0.2, 0.25) is 0 Å². The first-order valence-electron chi connectivity index (χ1n) is 10.2. The lowest BCUT2D eigenvalue weighted by molar-refractivity contribution is -0.146. The van der Waals surface area contributed by atoms with E-state index in [9.17, 15) is 19.2 Å². The van der Waals surface area contributed by atoms with E-state index in [0.717, 1.165) is 0 Å². The van der Waals surface area contributed by atoms with Crippen molar-refractivity contribution < 1.29 is 24.3 Å². The van der Waals surface area contributed by atoms with Crippen LogP contribution in [0.3, 0.4) is 0 Å². The van der Waals surface area contributed by atoms with E-state index in [-0.39, 0.29) is 24.3 Å². The highest BCUT2D eigenvalue weighted by atomic mass is 16.4. The zero-order valence-electron chi connectivity index (χ0n) is 17.3. The molecule has 0 aromatic heterocycles. The number of amides is 4. The molecule has 1 fully saturated rings. The number of carbonyl (C=O) groups is 4. The molecule has 9 heteroatoms. The first-order valence-corrected chi connectivity index (χ1v) is 10.2. The number of fused-ring (bicyclic) bond motifs is 1. The van der Waals surface area contributed by atoms with Gasteiger partial charge in [0, 0.05) is 13.1 Å². The van der Waals surface area contributed by atoms with Gasteiger partial charge in [-0.15, -0.1) is 0 Å². The molecule has 30 heavy (non-hydrogen) atoms. The number of carboxylic acid groups (broad SMARTS) is 1. The number of anilines is 2. The van der Waals surface area contributed by atoms with Gasteiger partial charge in [0.05, 0.1) is 17.3 Å². The zero-order chi connectivity index (χ0) is 21.8. The van der Waals surface area contributed by atoms with Crippen molar-refractivity contribution in [3.63, 3.8) is 0 Å². The number of carbonyl (C=O) groups excluding carboxylic acids is 3. The van der Waals surface area contributed by atoms with Crippen LogP contribution in [0.15, 0.2) is 24.3 Å². The van der Waals surface area contributed by atoms with Crippen LogP contribution in [0.4, 0.5) is 16.2 Å². The summed E-state index contributed by atoms with van der Waals surface area (Å²) in [6.45, 7) is 4.51. The van der Waals surface area contributed by atoms with Crippen molar-refractivity contribution in [2.75, 3.05) is 29.9 Å². The second-order valence-electron chi connectivity index (χ2n) is 8.22. The van der Waals surface area contributed by atoms with Gasteiger partial charge in [-0.3, -0.25) is 19.3 Å². The molecule has 2 aliphatic heterocycles. The number of likely N-dealkylation sites (tertiary alicyclic amines) is 1. The first-order chi connectivity index (χ1) is 14.3. The summed E-state index contributed by atoms with van der Waals surface area (Å²) in [5.74, 6) is -1.62. The molecule has 1 aromatic carbocycles. The van der Waals surface area contributed by atoms with E-state index in [0.29, 0.717) is 43.7 Å². The lowest BCUT2D eigenvalue weighted by Gasteiger charge is -2.35. The third-order valence-corrected chi connectivity index (χ3v) is 5.47. The van der Waals surface area contributed by atoms with E-state index in [1.165, 1.54) is 4.90 Å². The Morgan fingerprint density at radius 3 is 2.50 bits per heavy atom. The smallest absolute Gasteiger partial charge is 0.323 e. The highest BCUT2D eigenvalue weighted by molar-refractivity contribution is 6.10. The highest BCUT2D eigenvalue weighted by Gasteiger charge is 2.34. The van der Waals surface area contributed by atoms with Gasteiger partial charge >= 0.3 is 12.0 Å². The SMILES string of the molecule is CC(C)C[C@H](NC(=O)N1CC(=O)Nc2ccccc21)C(=O)N1CCC(C(=O)O)CC1. The summed E-state index contributed by atoms with van der Waals surface area (Å²) in [7, 11) is 0. The van der Waals surface area contributed by atoms with Gasteiger partial charge in [0.1, 0.15) is 12.6 Å². The van der Waals surface area contributed by atoms with E-state index < -0.39 is 24.0 Å². The molecular formula is C21H28N4O5. The van der Waals surface area contributed by atoms with Gasteiger partial charge < -0.3 is 20.6 Å². The van der Waals surface area contributed by atoms with Crippen LogP contribution in [-0.4, -0.2) is 59.5 Å². The Hall–Kier alpha value is -3.10. The van der Waals surface area contributed by atoms with Gasteiger partial charge in [0.15, 0.2) is 0 Å². The predicted octanol–water partition coefficient (Wildman–Crippen LogP) is 1.89. The van der Waals surface area contributed by atoms with E-state index in [1.807, 2.05) is 13.8 Å². The normalized spacial score (nSPS) is 17.9. The summed E-state index contributed by atoms with van der Waals surface area (Å²) in [5, 5.41) is 14.7. The van der Waals surface area contributed by atoms with Crippen LogP contribution < -0.4 is 15.5 Å². The zero-order valence-corrected chi connectivity index (χ0v) is 17.3. The molecule has 3 rings (SSSR count). The third kappa shape index (κ3) is 4.90. The minimum Gasteiger partial charge on any atom is -0.481 e. The summed E-state index contributed by atoms with van der Waals surface area (Å²) in [4.78, 5) is 52.3. The number of nitrogens with one attached hydrogen (secondary N) is 2. The van der Waals surface area contributed by atoms with E-state index >= 15 is 0 Å². The van der Waals surface area contributed by atoms with Crippen molar-refractivity contribution in [2.45, 2.75) is 39.2 Å². The number of piperidine rings is 1. The van der Waals surface area contributed by atoms with Gasteiger partial charge in [-0.05, 0) is 37.3 Å². The predicted molar refractivity (Wildman–Crippen MR) is 111 cm³/mol. The number of carboxylic acids is 1. The number of nitrogens with zero attached hydrogens (tertiary/aromatic N) is 2. The molecule has 0 aliphatic carbocycles. The molecule has 1 atom stereocenters. The van der Waals surface area contributed by atoms with Crippen LogP contribution in [0.5, 0.6) is 0 Å². The van der Waals surface area contributed by atoms with E-state index in [2.05, 4.69) is 10.6 Å². The molecule has 0 bridgehead atoms. The summed E-state index contributed by atoms with van der Waals surface area (Å²) in [6.07, 6.45) is 1.26. The van der Waals surface area contributed by atoms with Crippen LogP contribution in [0.1, 0.15) is 33.1 Å². The minimum absolute atomic E-state index is 0.130. The van der Waals surface area contributed by atoms with Gasteiger partial charge in [0.25, 0.3) is 0 Å². The number of hydrogen-bond acceptors (Lipinski definition) is 4. The molecule has 3 N–H and O–H groups in total. The molecule has 0 radical (unpaired) electrons. The molecule has 1 aromatic rings. The van der Waals surface area contributed by atoms with Gasteiger partial charge in [-0.2, -0.15) is 0 Å². The first kappa shape index (κ1) is 21.6. The summed E-state index contributed by atoms with van der Waals surface area (Å²) in [5.41, 5.74) is 1.12. The van der Waals surface area contributed by atoms with Crippen molar-refractivity contribution in [3.8, 4) is 0 Å². The highest BCUT2D eigenvalue weighted by Crippen LogP contribution is 2.29. The number of para-hydroxylation sites is 2. The summed E-state index contributed by atoms with van der Waals surface area (Å²) >= 11 is 0. The monoisotopic (exact) mass is 416 g/mol. The molecule has 0 unspecified atom stereocenters. The lowest BCUT2D eigenvalue weighted by Crippen LogP contribution is -2.56. The molecule has 162 valence electrons. The van der Waals surface area contributed by atoms with Gasteiger partial charge in [-0.25, -0.2) is 4.79 Å². The number of benzene rings is 1. The Kier molecular flexibility index (Phi) is 6.59. The average Bonchev–Trinajstić information content (AvgIpc) is 2.71. The Labute approximate surface area is 175 Å². The standard InChI is InChI=1S/C21H28N4O5/c1-13(2)11-16(19(27)24-9-7-14(8-10-24)20(28)29)23-21(30)25-12-18(26)22-15-5-3-4-6-17(15)25/h3-6,13-14,16H,7-12H2,1-2H3,(H,22,26)(H,23,30)(H,28,29)/t16-/m0/s1. The quantitative estimate of drug-likeness (QED) is 0.677.